The van der Waals surface area contributed by atoms with Crippen molar-refractivity contribution in [1.82, 2.24) is 4.90 Å². The van der Waals surface area contributed by atoms with Gasteiger partial charge in [0.15, 0.2) is 0 Å². The SMILES string of the molecule is N[C@H]1CCCN(C(=O)Cc2cc(Br)ccc2F)C1. The Labute approximate surface area is 114 Å². The summed E-state index contributed by atoms with van der Waals surface area (Å²) in [6.45, 7) is 1.30. The lowest BCUT2D eigenvalue weighted by molar-refractivity contribution is -0.131. The van der Waals surface area contributed by atoms with Crippen molar-refractivity contribution in [1.29, 1.82) is 0 Å². The van der Waals surface area contributed by atoms with Crippen LogP contribution in [0.2, 0.25) is 0 Å². The normalized spacial score (nSPS) is 19.9. The smallest absolute Gasteiger partial charge is 0.227 e. The lowest BCUT2D eigenvalue weighted by atomic mass is 10.0. The third kappa shape index (κ3) is 3.29. The largest absolute Gasteiger partial charge is 0.341 e. The van der Waals surface area contributed by atoms with E-state index in [1.165, 1.54) is 6.07 Å². The minimum atomic E-state index is -0.340. The molecule has 0 aliphatic carbocycles. The molecular formula is C13H16BrFN2O. The topological polar surface area (TPSA) is 46.3 Å². The average Bonchev–Trinajstić information content (AvgIpc) is 2.34. The second kappa shape index (κ2) is 5.80. The molecule has 1 fully saturated rings. The summed E-state index contributed by atoms with van der Waals surface area (Å²) < 4.78 is 14.3. The Morgan fingerprint density at radius 1 is 1.56 bits per heavy atom. The molecule has 1 aliphatic heterocycles. The number of hydrogen-bond donors (Lipinski definition) is 1. The minimum absolute atomic E-state index is 0.0510. The summed E-state index contributed by atoms with van der Waals surface area (Å²) >= 11 is 3.28. The first-order valence-corrected chi connectivity index (χ1v) is 6.83. The first kappa shape index (κ1) is 13.5. The second-order valence-electron chi connectivity index (χ2n) is 4.65. The third-order valence-corrected chi connectivity index (χ3v) is 3.65. The van der Waals surface area contributed by atoms with E-state index in [1.807, 2.05) is 0 Å². The van der Waals surface area contributed by atoms with Gasteiger partial charge in [0, 0.05) is 23.6 Å². The number of carbonyl (C=O) groups is 1. The Morgan fingerprint density at radius 2 is 2.33 bits per heavy atom. The summed E-state index contributed by atoms with van der Waals surface area (Å²) in [6.07, 6.45) is 1.97. The molecule has 0 aromatic heterocycles. The summed E-state index contributed by atoms with van der Waals surface area (Å²) in [5.41, 5.74) is 6.26. The van der Waals surface area contributed by atoms with Gasteiger partial charge in [-0.2, -0.15) is 0 Å². The molecule has 1 heterocycles. The van der Waals surface area contributed by atoms with E-state index < -0.39 is 0 Å². The maximum Gasteiger partial charge on any atom is 0.227 e. The van der Waals surface area contributed by atoms with Gasteiger partial charge < -0.3 is 10.6 Å². The molecule has 5 heteroatoms. The van der Waals surface area contributed by atoms with Gasteiger partial charge >= 0.3 is 0 Å². The van der Waals surface area contributed by atoms with E-state index in [0.717, 1.165) is 23.9 Å². The van der Waals surface area contributed by atoms with Gasteiger partial charge in [-0.05, 0) is 36.6 Å². The van der Waals surface area contributed by atoms with E-state index in [1.54, 1.807) is 17.0 Å². The van der Waals surface area contributed by atoms with Crippen LogP contribution in [0.4, 0.5) is 4.39 Å². The van der Waals surface area contributed by atoms with E-state index in [2.05, 4.69) is 15.9 Å². The molecule has 1 saturated heterocycles. The fraction of sp³-hybridized carbons (Fsp3) is 0.462. The Kier molecular flexibility index (Phi) is 4.35. The van der Waals surface area contributed by atoms with Crippen LogP contribution in [0.5, 0.6) is 0 Å². The molecule has 0 spiro atoms. The molecule has 2 rings (SSSR count). The summed E-state index contributed by atoms with van der Waals surface area (Å²) in [5.74, 6) is -0.394. The number of nitrogens with zero attached hydrogens (tertiary/aromatic N) is 1. The van der Waals surface area contributed by atoms with Crippen molar-refractivity contribution in [3.05, 3.63) is 34.1 Å². The molecule has 1 aromatic carbocycles. The van der Waals surface area contributed by atoms with Crippen molar-refractivity contribution < 1.29 is 9.18 Å². The summed E-state index contributed by atoms with van der Waals surface area (Å²) in [7, 11) is 0. The molecule has 1 aliphatic rings. The van der Waals surface area contributed by atoms with Crippen molar-refractivity contribution in [3.63, 3.8) is 0 Å². The van der Waals surface area contributed by atoms with Crippen molar-refractivity contribution in [2.75, 3.05) is 13.1 Å². The fourth-order valence-electron chi connectivity index (χ4n) is 2.19. The highest BCUT2D eigenvalue weighted by Crippen LogP contribution is 2.17. The van der Waals surface area contributed by atoms with Crippen LogP contribution in [-0.2, 0) is 11.2 Å². The Bertz CT molecular complexity index is 453. The Balaban J connectivity index is 2.04. The summed E-state index contributed by atoms with van der Waals surface area (Å²) in [6, 6.07) is 4.70. The number of nitrogens with two attached hydrogens (primary N) is 1. The molecule has 1 atom stereocenters. The highest BCUT2D eigenvalue weighted by molar-refractivity contribution is 9.10. The highest BCUT2D eigenvalue weighted by Gasteiger charge is 2.22. The lowest BCUT2D eigenvalue weighted by Crippen LogP contribution is -2.46. The van der Waals surface area contributed by atoms with E-state index in [-0.39, 0.29) is 24.2 Å². The van der Waals surface area contributed by atoms with Crippen molar-refractivity contribution in [3.8, 4) is 0 Å². The number of carbonyl (C=O) groups excluding carboxylic acids is 1. The number of likely N-dealkylation sites (tertiary alicyclic amines) is 1. The van der Waals surface area contributed by atoms with E-state index in [9.17, 15) is 9.18 Å². The number of hydrogen-bond acceptors (Lipinski definition) is 2. The first-order chi connectivity index (χ1) is 8.56. The van der Waals surface area contributed by atoms with Crippen LogP contribution >= 0.6 is 15.9 Å². The molecule has 0 radical (unpaired) electrons. The molecular weight excluding hydrogens is 299 g/mol. The van der Waals surface area contributed by atoms with Crippen molar-refractivity contribution >= 4 is 21.8 Å². The van der Waals surface area contributed by atoms with Gasteiger partial charge in [-0.15, -0.1) is 0 Å². The standard InChI is InChI=1S/C13H16BrFN2O/c14-10-3-4-12(15)9(6-10)7-13(18)17-5-1-2-11(16)8-17/h3-4,6,11H,1-2,5,7-8,16H2/t11-/m0/s1. The number of rotatable bonds is 2. The predicted octanol–water partition coefficient (Wildman–Crippen LogP) is 2.08. The number of amides is 1. The number of halogens is 2. The van der Waals surface area contributed by atoms with Crippen LogP contribution < -0.4 is 5.73 Å². The predicted molar refractivity (Wildman–Crippen MR) is 71.6 cm³/mol. The van der Waals surface area contributed by atoms with Crippen LogP contribution in [0, 0.1) is 5.82 Å². The molecule has 2 N–H and O–H groups in total. The molecule has 0 unspecified atom stereocenters. The van der Waals surface area contributed by atoms with Gasteiger partial charge in [-0.1, -0.05) is 15.9 Å². The van der Waals surface area contributed by atoms with Gasteiger partial charge in [0.2, 0.25) is 5.91 Å². The van der Waals surface area contributed by atoms with Crippen LogP contribution in [0.3, 0.4) is 0 Å². The summed E-state index contributed by atoms with van der Waals surface area (Å²) in [4.78, 5) is 13.8. The average molecular weight is 315 g/mol. The molecule has 1 aromatic rings. The third-order valence-electron chi connectivity index (χ3n) is 3.16. The van der Waals surface area contributed by atoms with Crippen LogP contribution in [-0.4, -0.2) is 29.9 Å². The van der Waals surface area contributed by atoms with Crippen LogP contribution in [0.1, 0.15) is 18.4 Å². The minimum Gasteiger partial charge on any atom is -0.341 e. The maximum absolute atomic E-state index is 13.6. The zero-order valence-electron chi connectivity index (χ0n) is 10.0. The summed E-state index contributed by atoms with van der Waals surface area (Å²) in [5, 5.41) is 0. The Hall–Kier alpha value is -0.940. The van der Waals surface area contributed by atoms with Crippen LogP contribution in [0.15, 0.2) is 22.7 Å². The maximum atomic E-state index is 13.6. The highest BCUT2D eigenvalue weighted by atomic mass is 79.9. The monoisotopic (exact) mass is 314 g/mol. The number of piperidine rings is 1. The van der Waals surface area contributed by atoms with Gasteiger partial charge in [0.25, 0.3) is 0 Å². The molecule has 0 saturated carbocycles. The fourth-order valence-corrected chi connectivity index (χ4v) is 2.60. The quantitative estimate of drug-likeness (QED) is 0.908. The molecule has 1 amide bonds. The van der Waals surface area contributed by atoms with Crippen molar-refractivity contribution in [2.45, 2.75) is 25.3 Å². The molecule has 3 nitrogen and oxygen atoms in total. The van der Waals surface area contributed by atoms with Gasteiger partial charge in [0.05, 0.1) is 6.42 Å². The second-order valence-corrected chi connectivity index (χ2v) is 5.57. The molecule has 18 heavy (non-hydrogen) atoms. The zero-order valence-corrected chi connectivity index (χ0v) is 11.6. The zero-order chi connectivity index (χ0) is 13.1. The van der Waals surface area contributed by atoms with Crippen LogP contribution in [0.25, 0.3) is 0 Å². The molecule has 98 valence electrons. The van der Waals surface area contributed by atoms with E-state index >= 15 is 0 Å². The molecule has 0 bridgehead atoms. The Morgan fingerprint density at radius 3 is 3.06 bits per heavy atom. The van der Waals surface area contributed by atoms with E-state index in [4.69, 9.17) is 5.73 Å². The first-order valence-electron chi connectivity index (χ1n) is 6.03. The number of benzene rings is 1. The van der Waals surface area contributed by atoms with Gasteiger partial charge in [0.1, 0.15) is 5.82 Å². The van der Waals surface area contributed by atoms with E-state index in [0.29, 0.717) is 12.1 Å². The van der Waals surface area contributed by atoms with Gasteiger partial charge in [-0.25, -0.2) is 4.39 Å². The lowest BCUT2D eigenvalue weighted by Gasteiger charge is -2.30. The van der Waals surface area contributed by atoms with Crippen molar-refractivity contribution in [2.24, 2.45) is 5.73 Å². The van der Waals surface area contributed by atoms with Gasteiger partial charge in [-0.3, -0.25) is 4.79 Å².